The highest BCUT2D eigenvalue weighted by molar-refractivity contribution is 5.97. The molecule has 1 fully saturated rings. The molecule has 5 rings (SSSR count). The van der Waals surface area contributed by atoms with Crippen LogP contribution in [-0.2, 0) is 4.74 Å². The van der Waals surface area contributed by atoms with Crippen LogP contribution >= 0.6 is 0 Å². The van der Waals surface area contributed by atoms with Crippen LogP contribution in [0.5, 0.6) is 0 Å². The molecule has 0 radical (unpaired) electrons. The Kier molecular flexibility index (Phi) is 4.39. The van der Waals surface area contributed by atoms with Gasteiger partial charge in [0.15, 0.2) is 5.65 Å². The third kappa shape index (κ3) is 3.07. The van der Waals surface area contributed by atoms with Crippen molar-refractivity contribution in [2.24, 2.45) is 0 Å². The van der Waals surface area contributed by atoms with Gasteiger partial charge in [-0.05, 0) is 67.6 Å². The molecule has 1 aliphatic rings. The van der Waals surface area contributed by atoms with Gasteiger partial charge in [-0.25, -0.2) is 14.8 Å². The van der Waals surface area contributed by atoms with Crippen molar-refractivity contribution in [3.05, 3.63) is 77.2 Å². The molecule has 2 aromatic carbocycles. The molecule has 5 heteroatoms. The number of ether oxygens (including phenoxy) is 1. The Bertz CT molecular complexity index is 1270. The molecule has 0 aliphatic heterocycles. The molecule has 2 heterocycles. The number of benzene rings is 2. The number of rotatable bonds is 4. The van der Waals surface area contributed by atoms with Crippen LogP contribution in [0, 0.1) is 13.8 Å². The van der Waals surface area contributed by atoms with Crippen molar-refractivity contribution < 1.29 is 9.53 Å². The Hall–Kier alpha value is -3.47. The van der Waals surface area contributed by atoms with E-state index in [0.29, 0.717) is 11.5 Å². The first-order chi connectivity index (χ1) is 14.6. The predicted octanol–water partition coefficient (Wildman–Crippen LogP) is 5.37. The summed E-state index contributed by atoms with van der Waals surface area (Å²) in [5.74, 6) is 1.26. The first-order valence-corrected chi connectivity index (χ1v) is 10.2. The van der Waals surface area contributed by atoms with Crippen LogP contribution in [0.25, 0.3) is 28.0 Å². The van der Waals surface area contributed by atoms with E-state index in [9.17, 15) is 4.79 Å². The lowest BCUT2D eigenvalue weighted by Gasteiger charge is -2.11. The lowest BCUT2D eigenvalue weighted by Crippen LogP contribution is -2.04. The number of nitrogens with zero attached hydrogens (tertiary/aromatic N) is 3. The summed E-state index contributed by atoms with van der Waals surface area (Å²) >= 11 is 0. The predicted molar refractivity (Wildman–Crippen MR) is 117 cm³/mol. The van der Waals surface area contributed by atoms with Crippen LogP contribution in [0.2, 0.25) is 0 Å². The lowest BCUT2D eigenvalue weighted by atomic mass is 9.99. The Morgan fingerprint density at radius 3 is 2.47 bits per heavy atom. The summed E-state index contributed by atoms with van der Waals surface area (Å²) in [6.07, 6.45) is 2.35. The van der Waals surface area contributed by atoms with Gasteiger partial charge in [0.1, 0.15) is 11.3 Å². The van der Waals surface area contributed by atoms with Gasteiger partial charge in [-0.2, -0.15) is 0 Å². The van der Waals surface area contributed by atoms with Crippen LogP contribution in [0.3, 0.4) is 0 Å². The van der Waals surface area contributed by atoms with Gasteiger partial charge in [0.2, 0.25) is 0 Å². The van der Waals surface area contributed by atoms with Gasteiger partial charge < -0.3 is 4.74 Å². The minimum atomic E-state index is -0.332. The van der Waals surface area contributed by atoms with Gasteiger partial charge in [0.25, 0.3) is 0 Å². The minimum Gasteiger partial charge on any atom is -0.465 e. The smallest absolute Gasteiger partial charge is 0.338 e. The highest BCUT2D eigenvalue weighted by atomic mass is 16.5. The van der Waals surface area contributed by atoms with Crippen LogP contribution in [-0.4, -0.2) is 27.6 Å². The summed E-state index contributed by atoms with van der Waals surface area (Å²) in [6, 6.07) is 17.8. The number of carbonyl (C=O) groups is 1. The third-order valence-electron chi connectivity index (χ3n) is 5.67. The summed E-state index contributed by atoms with van der Waals surface area (Å²) < 4.78 is 7.14. The van der Waals surface area contributed by atoms with Crippen LogP contribution in [0.1, 0.15) is 46.2 Å². The molecule has 5 nitrogen and oxygen atoms in total. The summed E-state index contributed by atoms with van der Waals surface area (Å²) in [5, 5.41) is 0. The average Bonchev–Trinajstić information content (AvgIpc) is 3.54. The van der Waals surface area contributed by atoms with Crippen molar-refractivity contribution in [2.45, 2.75) is 32.6 Å². The largest absolute Gasteiger partial charge is 0.465 e. The third-order valence-corrected chi connectivity index (χ3v) is 5.67. The Labute approximate surface area is 175 Å². The molecule has 0 saturated heterocycles. The van der Waals surface area contributed by atoms with Crippen molar-refractivity contribution in [3.63, 3.8) is 0 Å². The molecule has 2 aromatic heterocycles. The second-order valence-corrected chi connectivity index (χ2v) is 7.92. The van der Waals surface area contributed by atoms with E-state index in [4.69, 9.17) is 14.7 Å². The number of esters is 1. The first-order valence-electron chi connectivity index (χ1n) is 10.2. The first kappa shape index (κ1) is 18.6. The van der Waals surface area contributed by atoms with E-state index in [1.165, 1.54) is 20.0 Å². The monoisotopic (exact) mass is 397 g/mol. The van der Waals surface area contributed by atoms with Gasteiger partial charge >= 0.3 is 5.97 Å². The zero-order valence-electron chi connectivity index (χ0n) is 17.3. The van der Waals surface area contributed by atoms with E-state index in [0.717, 1.165) is 45.1 Å². The molecule has 30 heavy (non-hydrogen) atoms. The minimum absolute atomic E-state index is 0.332. The quantitative estimate of drug-likeness (QED) is 0.435. The van der Waals surface area contributed by atoms with Crippen molar-refractivity contribution in [1.82, 2.24) is 14.5 Å². The fourth-order valence-electron chi connectivity index (χ4n) is 4.06. The molecule has 0 bridgehead atoms. The summed E-state index contributed by atoms with van der Waals surface area (Å²) in [6.45, 7) is 4.12. The summed E-state index contributed by atoms with van der Waals surface area (Å²) in [5.41, 5.74) is 7.47. The highest BCUT2D eigenvalue weighted by Gasteiger charge is 2.31. The van der Waals surface area contributed by atoms with E-state index >= 15 is 0 Å². The zero-order chi connectivity index (χ0) is 20.8. The van der Waals surface area contributed by atoms with E-state index in [1.807, 2.05) is 37.3 Å². The Morgan fingerprint density at radius 1 is 1.03 bits per heavy atom. The van der Waals surface area contributed by atoms with Gasteiger partial charge in [-0.3, -0.25) is 4.57 Å². The van der Waals surface area contributed by atoms with E-state index < -0.39 is 0 Å². The molecule has 1 aliphatic carbocycles. The zero-order valence-corrected chi connectivity index (χ0v) is 17.3. The van der Waals surface area contributed by atoms with E-state index in [1.54, 1.807) is 6.07 Å². The molecule has 0 atom stereocenters. The van der Waals surface area contributed by atoms with Crippen molar-refractivity contribution in [1.29, 1.82) is 0 Å². The van der Waals surface area contributed by atoms with Crippen LogP contribution in [0.15, 0.2) is 54.6 Å². The van der Waals surface area contributed by atoms with Gasteiger partial charge in [0.05, 0.1) is 12.7 Å². The number of aryl methyl sites for hydroxylation is 2. The standard InChI is InChI=1S/C25H23N3O2/c1-15-14-16(2)26-24-22(15)27-23(18-8-9-18)28(24)19-12-10-17(11-13-19)20-6-4-5-7-21(20)25(29)30-3/h4-7,10-14,18H,8-9H2,1-3H3. The highest BCUT2D eigenvalue weighted by Crippen LogP contribution is 2.42. The number of fused-ring (bicyclic) bond motifs is 1. The number of hydrogen-bond acceptors (Lipinski definition) is 4. The van der Waals surface area contributed by atoms with Crippen molar-refractivity contribution in [2.75, 3.05) is 7.11 Å². The fraction of sp³-hybridized carbons (Fsp3) is 0.240. The number of methoxy groups -OCH3 is 1. The number of hydrogen-bond donors (Lipinski definition) is 0. The van der Waals surface area contributed by atoms with Crippen molar-refractivity contribution >= 4 is 17.1 Å². The molecular formula is C25H23N3O2. The normalized spacial score (nSPS) is 13.6. The molecule has 0 N–H and O–H groups in total. The fourth-order valence-corrected chi connectivity index (χ4v) is 4.06. The maximum absolute atomic E-state index is 12.2. The SMILES string of the molecule is COC(=O)c1ccccc1-c1ccc(-n2c(C3CC3)nc3c(C)cc(C)nc32)cc1. The molecular weight excluding hydrogens is 374 g/mol. The Morgan fingerprint density at radius 2 is 1.77 bits per heavy atom. The number of carbonyl (C=O) groups excluding carboxylic acids is 1. The van der Waals surface area contributed by atoms with Crippen molar-refractivity contribution in [3.8, 4) is 16.8 Å². The molecule has 0 amide bonds. The number of imidazole rings is 1. The van der Waals surface area contributed by atoms with Gasteiger partial charge in [-0.15, -0.1) is 0 Å². The van der Waals surface area contributed by atoms with Gasteiger partial charge in [0, 0.05) is 17.3 Å². The maximum Gasteiger partial charge on any atom is 0.338 e. The number of pyridine rings is 1. The molecule has 4 aromatic rings. The van der Waals surface area contributed by atoms with E-state index in [2.05, 4.69) is 29.7 Å². The molecule has 0 spiro atoms. The van der Waals surface area contributed by atoms with Gasteiger partial charge in [-0.1, -0.05) is 30.3 Å². The molecule has 150 valence electrons. The second kappa shape index (κ2) is 7.10. The van der Waals surface area contributed by atoms with Crippen LogP contribution < -0.4 is 0 Å². The van der Waals surface area contributed by atoms with Crippen LogP contribution in [0.4, 0.5) is 0 Å². The topological polar surface area (TPSA) is 57.0 Å². The van der Waals surface area contributed by atoms with E-state index in [-0.39, 0.29) is 5.97 Å². The Balaban J connectivity index is 1.63. The summed E-state index contributed by atoms with van der Waals surface area (Å²) in [7, 11) is 1.41. The lowest BCUT2D eigenvalue weighted by molar-refractivity contribution is 0.0601. The summed E-state index contributed by atoms with van der Waals surface area (Å²) in [4.78, 5) is 21.9. The molecule has 1 saturated carbocycles. The maximum atomic E-state index is 12.2. The second-order valence-electron chi connectivity index (χ2n) is 7.92. The number of aromatic nitrogens is 3. The molecule has 0 unspecified atom stereocenters. The average molecular weight is 397 g/mol.